The van der Waals surface area contributed by atoms with E-state index in [0.29, 0.717) is 34.7 Å². The number of methoxy groups -OCH3 is 1. The van der Waals surface area contributed by atoms with Crippen molar-refractivity contribution in [2.24, 2.45) is 0 Å². The van der Waals surface area contributed by atoms with Crippen LogP contribution in [0.15, 0.2) is 41.1 Å². The summed E-state index contributed by atoms with van der Waals surface area (Å²) in [5.41, 5.74) is 1.54. The standard InChI is InChI=1S/C20H25BrN2O3/c1-5-9-26-19-17(21)10-16(11-18(19)25-4)20(24)23(14(2)3)13-15-7-6-8-22-12-15/h6-8,10-12,14H,5,9,13H2,1-4H3. The molecule has 0 saturated carbocycles. The number of pyridine rings is 1. The topological polar surface area (TPSA) is 51.7 Å². The molecule has 1 amide bonds. The van der Waals surface area contributed by atoms with Gasteiger partial charge in [-0.05, 0) is 60.0 Å². The van der Waals surface area contributed by atoms with Gasteiger partial charge in [-0.15, -0.1) is 0 Å². The smallest absolute Gasteiger partial charge is 0.254 e. The number of carbonyl (C=O) groups excluding carboxylic acids is 1. The maximum atomic E-state index is 13.1. The van der Waals surface area contributed by atoms with Gasteiger partial charge in [0.05, 0.1) is 18.2 Å². The van der Waals surface area contributed by atoms with Crippen LogP contribution in [0.1, 0.15) is 43.1 Å². The van der Waals surface area contributed by atoms with Gasteiger partial charge in [0, 0.05) is 30.5 Å². The molecule has 140 valence electrons. The molecule has 0 aliphatic carbocycles. The summed E-state index contributed by atoms with van der Waals surface area (Å²) in [6.07, 6.45) is 4.39. The van der Waals surface area contributed by atoms with E-state index in [1.165, 1.54) is 0 Å². The highest BCUT2D eigenvalue weighted by molar-refractivity contribution is 9.10. The van der Waals surface area contributed by atoms with Crippen molar-refractivity contribution in [1.82, 2.24) is 9.88 Å². The van der Waals surface area contributed by atoms with Crippen LogP contribution in [0.5, 0.6) is 11.5 Å². The monoisotopic (exact) mass is 420 g/mol. The largest absolute Gasteiger partial charge is 0.493 e. The van der Waals surface area contributed by atoms with Crippen LogP contribution in [0.4, 0.5) is 0 Å². The number of benzene rings is 1. The summed E-state index contributed by atoms with van der Waals surface area (Å²) in [6.45, 7) is 7.12. The molecule has 6 heteroatoms. The maximum absolute atomic E-state index is 13.1. The molecule has 1 aromatic heterocycles. The number of nitrogens with zero attached hydrogens (tertiary/aromatic N) is 2. The summed E-state index contributed by atoms with van der Waals surface area (Å²) in [5.74, 6) is 1.10. The van der Waals surface area contributed by atoms with Crippen molar-refractivity contribution in [2.45, 2.75) is 39.8 Å². The zero-order valence-corrected chi connectivity index (χ0v) is 17.2. The SMILES string of the molecule is CCCOc1c(Br)cc(C(=O)N(Cc2cccnc2)C(C)C)cc1OC. The van der Waals surface area contributed by atoms with Gasteiger partial charge in [0.2, 0.25) is 0 Å². The van der Waals surface area contributed by atoms with Gasteiger partial charge in [-0.25, -0.2) is 0 Å². The van der Waals surface area contributed by atoms with Crippen LogP contribution in [0.3, 0.4) is 0 Å². The molecule has 0 radical (unpaired) electrons. The predicted octanol–water partition coefficient (Wildman–Crippen LogP) is 4.69. The van der Waals surface area contributed by atoms with Gasteiger partial charge in [0.25, 0.3) is 5.91 Å². The van der Waals surface area contributed by atoms with Gasteiger partial charge in [-0.2, -0.15) is 0 Å². The van der Waals surface area contributed by atoms with Gasteiger partial charge in [0.1, 0.15) is 0 Å². The van der Waals surface area contributed by atoms with E-state index in [9.17, 15) is 4.79 Å². The number of hydrogen-bond donors (Lipinski definition) is 0. The fourth-order valence-corrected chi connectivity index (χ4v) is 3.09. The Kier molecular flexibility index (Phi) is 7.45. The predicted molar refractivity (Wildman–Crippen MR) is 106 cm³/mol. The Balaban J connectivity index is 2.32. The molecular formula is C20H25BrN2O3. The molecule has 2 aromatic rings. The van der Waals surface area contributed by atoms with Crippen molar-refractivity contribution in [2.75, 3.05) is 13.7 Å². The third kappa shape index (κ3) is 4.97. The maximum Gasteiger partial charge on any atom is 0.254 e. The average Bonchev–Trinajstić information content (AvgIpc) is 2.64. The van der Waals surface area contributed by atoms with Crippen molar-refractivity contribution < 1.29 is 14.3 Å². The zero-order chi connectivity index (χ0) is 19.1. The molecule has 1 heterocycles. The Labute approximate surface area is 163 Å². The van der Waals surface area contributed by atoms with E-state index >= 15 is 0 Å². The zero-order valence-electron chi connectivity index (χ0n) is 15.7. The van der Waals surface area contributed by atoms with Crippen LogP contribution in [0.2, 0.25) is 0 Å². The molecular weight excluding hydrogens is 396 g/mol. The number of aromatic nitrogens is 1. The average molecular weight is 421 g/mol. The van der Waals surface area contributed by atoms with Crippen molar-refractivity contribution in [3.05, 3.63) is 52.3 Å². The molecule has 0 aliphatic heterocycles. The van der Waals surface area contributed by atoms with Gasteiger partial charge < -0.3 is 14.4 Å². The van der Waals surface area contributed by atoms with Gasteiger partial charge in [-0.3, -0.25) is 9.78 Å². The molecule has 0 atom stereocenters. The molecule has 0 aliphatic rings. The lowest BCUT2D eigenvalue weighted by atomic mass is 10.1. The minimum absolute atomic E-state index is 0.0449. The number of carbonyl (C=O) groups is 1. The quantitative estimate of drug-likeness (QED) is 0.621. The fraction of sp³-hybridized carbons (Fsp3) is 0.400. The van der Waals surface area contributed by atoms with Crippen molar-refractivity contribution in [3.8, 4) is 11.5 Å². The number of hydrogen-bond acceptors (Lipinski definition) is 4. The lowest BCUT2D eigenvalue weighted by molar-refractivity contribution is 0.0689. The Hall–Kier alpha value is -2.08. The Morgan fingerprint density at radius 1 is 1.35 bits per heavy atom. The molecule has 0 spiro atoms. The fourth-order valence-electron chi connectivity index (χ4n) is 2.53. The lowest BCUT2D eigenvalue weighted by Gasteiger charge is -2.27. The van der Waals surface area contributed by atoms with E-state index < -0.39 is 0 Å². The first kappa shape index (κ1) is 20.2. The van der Waals surface area contributed by atoms with E-state index in [0.717, 1.165) is 12.0 Å². The van der Waals surface area contributed by atoms with Crippen LogP contribution in [-0.2, 0) is 6.54 Å². The number of rotatable bonds is 8. The van der Waals surface area contributed by atoms with Crippen LogP contribution >= 0.6 is 15.9 Å². The molecule has 0 N–H and O–H groups in total. The minimum Gasteiger partial charge on any atom is -0.493 e. The minimum atomic E-state index is -0.0649. The molecule has 0 fully saturated rings. The lowest BCUT2D eigenvalue weighted by Crippen LogP contribution is -2.36. The number of amides is 1. The van der Waals surface area contributed by atoms with E-state index in [2.05, 4.69) is 20.9 Å². The number of ether oxygens (including phenoxy) is 2. The van der Waals surface area contributed by atoms with Crippen LogP contribution < -0.4 is 9.47 Å². The molecule has 0 unspecified atom stereocenters. The molecule has 26 heavy (non-hydrogen) atoms. The summed E-state index contributed by atoms with van der Waals surface area (Å²) >= 11 is 3.50. The van der Waals surface area contributed by atoms with Crippen LogP contribution in [-0.4, -0.2) is 35.5 Å². The van der Waals surface area contributed by atoms with Gasteiger partial charge in [0.15, 0.2) is 11.5 Å². The van der Waals surface area contributed by atoms with Crippen LogP contribution in [0, 0.1) is 0 Å². The first-order valence-corrected chi connectivity index (χ1v) is 9.47. The Bertz CT molecular complexity index is 735. The normalized spacial score (nSPS) is 10.7. The molecule has 5 nitrogen and oxygen atoms in total. The highest BCUT2D eigenvalue weighted by atomic mass is 79.9. The van der Waals surface area contributed by atoms with E-state index in [1.807, 2.05) is 37.8 Å². The first-order chi connectivity index (χ1) is 12.5. The highest BCUT2D eigenvalue weighted by Gasteiger charge is 2.22. The number of halogens is 1. The summed E-state index contributed by atoms with van der Waals surface area (Å²) < 4.78 is 11.9. The molecule has 1 aromatic carbocycles. The second-order valence-electron chi connectivity index (χ2n) is 6.23. The molecule has 0 bridgehead atoms. The second-order valence-corrected chi connectivity index (χ2v) is 7.08. The third-order valence-electron chi connectivity index (χ3n) is 3.89. The van der Waals surface area contributed by atoms with Gasteiger partial charge in [-0.1, -0.05) is 13.0 Å². The van der Waals surface area contributed by atoms with Crippen LogP contribution in [0.25, 0.3) is 0 Å². The summed E-state index contributed by atoms with van der Waals surface area (Å²) in [6, 6.07) is 7.40. The molecule has 2 rings (SSSR count). The van der Waals surface area contributed by atoms with Crippen molar-refractivity contribution in [3.63, 3.8) is 0 Å². The second kappa shape index (κ2) is 9.57. The van der Waals surface area contributed by atoms with Crippen molar-refractivity contribution in [1.29, 1.82) is 0 Å². The Morgan fingerprint density at radius 3 is 2.69 bits per heavy atom. The summed E-state index contributed by atoms with van der Waals surface area (Å²) in [7, 11) is 1.57. The Morgan fingerprint density at radius 2 is 2.12 bits per heavy atom. The highest BCUT2D eigenvalue weighted by Crippen LogP contribution is 2.37. The van der Waals surface area contributed by atoms with E-state index in [4.69, 9.17) is 9.47 Å². The molecule has 0 saturated heterocycles. The van der Waals surface area contributed by atoms with E-state index in [-0.39, 0.29) is 11.9 Å². The van der Waals surface area contributed by atoms with Gasteiger partial charge >= 0.3 is 0 Å². The van der Waals surface area contributed by atoms with E-state index in [1.54, 1.807) is 31.6 Å². The summed E-state index contributed by atoms with van der Waals surface area (Å²) in [5, 5.41) is 0. The summed E-state index contributed by atoms with van der Waals surface area (Å²) in [4.78, 5) is 19.1. The van der Waals surface area contributed by atoms with Crippen molar-refractivity contribution >= 4 is 21.8 Å². The third-order valence-corrected chi connectivity index (χ3v) is 4.48. The first-order valence-electron chi connectivity index (χ1n) is 8.68.